The molecule has 0 atom stereocenters. The fourth-order valence-corrected chi connectivity index (χ4v) is 4.21. The van der Waals surface area contributed by atoms with Gasteiger partial charge >= 0.3 is 0 Å². The molecule has 1 N–H and O–H groups in total. The summed E-state index contributed by atoms with van der Waals surface area (Å²) < 4.78 is 1.78. The molecule has 0 radical (unpaired) electrons. The standard InChI is InChI=1S/C20H23N5OS/c1-14-4-3-5-16(10-14)12-21-20(26)17-11-18-19(24-6-8-27-9-7-24)22-15(2)13-25(18)23-17/h3-5,10-11,13H,6-9,12H2,1-2H3,(H,21,26). The second-order valence-corrected chi connectivity index (χ2v) is 8.06. The van der Waals surface area contributed by atoms with Crippen molar-refractivity contribution in [2.24, 2.45) is 0 Å². The van der Waals surface area contributed by atoms with Gasteiger partial charge in [-0.2, -0.15) is 16.9 Å². The third-order valence-electron chi connectivity index (χ3n) is 4.64. The molecule has 1 aromatic carbocycles. The van der Waals surface area contributed by atoms with Crippen LogP contribution in [0.25, 0.3) is 5.52 Å². The summed E-state index contributed by atoms with van der Waals surface area (Å²) >= 11 is 1.96. The Morgan fingerprint density at radius 3 is 2.81 bits per heavy atom. The maximum atomic E-state index is 12.6. The van der Waals surface area contributed by atoms with Gasteiger partial charge in [-0.05, 0) is 19.4 Å². The number of aryl methyl sites for hydroxylation is 2. The average molecular weight is 382 g/mol. The van der Waals surface area contributed by atoms with E-state index in [2.05, 4.69) is 21.4 Å². The van der Waals surface area contributed by atoms with E-state index < -0.39 is 0 Å². The molecule has 3 heterocycles. The molecule has 6 nitrogen and oxygen atoms in total. The normalized spacial score (nSPS) is 14.5. The highest BCUT2D eigenvalue weighted by atomic mass is 32.2. The summed E-state index contributed by atoms with van der Waals surface area (Å²) in [5.41, 5.74) is 4.46. The van der Waals surface area contributed by atoms with E-state index in [0.717, 1.165) is 47.2 Å². The van der Waals surface area contributed by atoms with Gasteiger partial charge in [0, 0.05) is 37.2 Å². The van der Waals surface area contributed by atoms with E-state index in [1.807, 2.05) is 56.1 Å². The van der Waals surface area contributed by atoms with Gasteiger partial charge in [0.1, 0.15) is 5.52 Å². The molecular formula is C20H23N5OS. The quantitative estimate of drug-likeness (QED) is 0.753. The maximum Gasteiger partial charge on any atom is 0.272 e. The average Bonchev–Trinajstić information content (AvgIpc) is 3.10. The Bertz CT molecular complexity index is 978. The van der Waals surface area contributed by atoms with Crippen LogP contribution in [0.15, 0.2) is 36.5 Å². The lowest BCUT2D eigenvalue weighted by Gasteiger charge is -2.28. The highest BCUT2D eigenvalue weighted by molar-refractivity contribution is 7.99. The van der Waals surface area contributed by atoms with Crippen molar-refractivity contribution in [3.63, 3.8) is 0 Å². The molecule has 0 unspecified atom stereocenters. The number of thioether (sulfide) groups is 1. The van der Waals surface area contributed by atoms with Gasteiger partial charge in [-0.15, -0.1) is 0 Å². The number of hydrogen-bond donors (Lipinski definition) is 1. The highest BCUT2D eigenvalue weighted by Crippen LogP contribution is 2.24. The zero-order valence-electron chi connectivity index (χ0n) is 15.6. The molecule has 3 aromatic rings. The summed E-state index contributed by atoms with van der Waals surface area (Å²) in [6, 6.07) is 9.97. The van der Waals surface area contributed by atoms with E-state index in [9.17, 15) is 4.79 Å². The van der Waals surface area contributed by atoms with Crippen LogP contribution in [0.1, 0.15) is 27.3 Å². The largest absolute Gasteiger partial charge is 0.353 e. The fraction of sp³-hybridized carbons (Fsp3) is 0.350. The number of aromatic nitrogens is 3. The van der Waals surface area contributed by atoms with Crippen LogP contribution in [0.3, 0.4) is 0 Å². The molecule has 1 amide bonds. The van der Waals surface area contributed by atoms with Gasteiger partial charge in [-0.3, -0.25) is 4.79 Å². The first-order valence-corrected chi connectivity index (χ1v) is 10.3. The van der Waals surface area contributed by atoms with Gasteiger partial charge in [0.2, 0.25) is 0 Å². The van der Waals surface area contributed by atoms with Gasteiger partial charge < -0.3 is 10.2 Å². The van der Waals surface area contributed by atoms with Crippen molar-refractivity contribution < 1.29 is 4.79 Å². The Hall–Kier alpha value is -2.54. The van der Waals surface area contributed by atoms with Crippen molar-refractivity contribution in [2.75, 3.05) is 29.5 Å². The molecule has 1 aliphatic heterocycles. The first kappa shape index (κ1) is 17.9. The van der Waals surface area contributed by atoms with Crippen molar-refractivity contribution >= 4 is 29.0 Å². The van der Waals surface area contributed by atoms with Crippen molar-refractivity contribution in [2.45, 2.75) is 20.4 Å². The number of amides is 1. The second kappa shape index (κ2) is 7.60. The van der Waals surface area contributed by atoms with Crippen LogP contribution in [0.5, 0.6) is 0 Å². The van der Waals surface area contributed by atoms with Crippen molar-refractivity contribution in [1.82, 2.24) is 19.9 Å². The first-order chi connectivity index (χ1) is 13.1. The Kier molecular flexibility index (Phi) is 5.03. The monoisotopic (exact) mass is 381 g/mol. The number of nitrogens with one attached hydrogen (secondary N) is 1. The number of nitrogens with zero attached hydrogens (tertiary/aromatic N) is 4. The summed E-state index contributed by atoms with van der Waals surface area (Å²) in [7, 11) is 0. The SMILES string of the molecule is Cc1cccc(CNC(=O)c2cc3c(N4CCSCC4)nc(C)cn3n2)c1. The highest BCUT2D eigenvalue weighted by Gasteiger charge is 2.19. The molecule has 0 aliphatic carbocycles. The molecule has 1 saturated heterocycles. The summed E-state index contributed by atoms with van der Waals surface area (Å²) in [4.78, 5) is 19.6. The van der Waals surface area contributed by atoms with E-state index in [1.165, 1.54) is 5.56 Å². The zero-order valence-corrected chi connectivity index (χ0v) is 16.4. The molecule has 27 heavy (non-hydrogen) atoms. The van der Waals surface area contributed by atoms with Crippen LogP contribution in [0.4, 0.5) is 5.82 Å². The predicted octanol–water partition coefficient (Wildman–Crippen LogP) is 2.83. The number of carbonyl (C=O) groups is 1. The number of anilines is 1. The minimum Gasteiger partial charge on any atom is -0.353 e. The smallest absolute Gasteiger partial charge is 0.272 e. The van der Waals surface area contributed by atoms with Crippen LogP contribution >= 0.6 is 11.8 Å². The van der Waals surface area contributed by atoms with Crippen LogP contribution < -0.4 is 10.2 Å². The third-order valence-corrected chi connectivity index (χ3v) is 5.58. The first-order valence-electron chi connectivity index (χ1n) is 9.13. The topological polar surface area (TPSA) is 62.5 Å². The Balaban J connectivity index is 1.58. The lowest BCUT2D eigenvalue weighted by molar-refractivity contribution is 0.0945. The van der Waals surface area contributed by atoms with E-state index in [0.29, 0.717) is 12.2 Å². The van der Waals surface area contributed by atoms with Gasteiger partial charge in [0.25, 0.3) is 5.91 Å². The number of hydrogen-bond acceptors (Lipinski definition) is 5. The zero-order chi connectivity index (χ0) is 18.8. The molecule has 1 aliphatic rings. The number of carbonyl (C=O) groups excluding carboxylic acids is 1. The maximum absolute atomic E-state index is 12.6. The number of benzene rings is 1. The van der Waals surface area contributed by atoms with Gasteiger partial charge in [0.15, 0.2) is 11.5 Å². The molecule has 0 bridgehead atoms. The molecule has 4 rings (SSSR count). The Morgan fingerprint density at radius 1 is 1.22 bits per heavy atom. The van der Waals surface area contributed by atoms with Gasteiger partial charge in [-0.1, -0.05) is 29.8 Å². The lowest BCUT2D eigenvalue weighted by atomic mass is 10.1. The van der Waals surface area contributed by atoms with Crippen molar-refractivity contribution in [1.29, 1.82) is 0 Å². The molecule has 0 saturated carbocycles. The minimum atomic E-state index is -0.169. The van der Waals surface area contributed by atoms with E-state index >= 15 is 0 Å². The van der Waals surface area contributed by atoms with Gasteiger partial charge in [0.05, 0.1) is 11.9 Å². The van der Waals surface area contributed by atoms with Crippen molar-refractivity contribution in [3.05, 3.63) is 59.0 Å². The van der Waals surface area contributed by atoms with Gasteiger partial charge in [-0.25, -0.2) is 9.50 Å². The third kappa shape index (κ3) is 3.93. The Morgan fingerprint density at radius 2 is 2.04 bits per heavy atom. The summed E-state index contributed by atoms with van der Waals surface area (Å²) in [5.74, 6) is 2.94. The summed E-state index contributed by atoms with van der Waals surface area (Å²) in [5, 5.41) is 7.46. The van der Waals surface area contributed by atoms with E-state index in [1.54, 1.807) is 4.52 Å². The predicted molar refractivity (Wildman–Crippen MR) is 110 cm³/mol. The fourth-order valence-electron chi connectivity index (χ4n) is 3.30. The van der Waals surface area contributed by atoms with E-state index in [4.69, 9.17) is 4.98 Å². The molecule has 2 aromatic heterocycles. The summed E-state index contributed by atoms with van der Waals surface area (Å²) in [6.07, 6.45) is 1.87. The molecule has 140 valence electrons. The lowest BCUT2D eigenvalue weighted by Crippen LogP contribution is -2.33. The number of fused-ring (bicyclic) bond motifs is 1. The van der Waals surface area contributed by atoms with Crippen LogP contribution in [0.2, 0.25) is 0 Å². The van der Waals surface area contributed by atoms with E-state index in [-0.39, 0.29) is 5.91 Å². The number of rotatable bonds is 4. The molecule has 7 heteroatoms. The van der Waals surface area contributed by atoms with Crippen LogP contribution in [0, 0.1) is 13.8 Å². The van der Waals surface area contributed by atoms with Crippen molar-refractivity contribution in [3.8, 4) is 0 Å². The minimum absolute atomic E-state index is 0.169. The van der Waals surface area contributed by atoms with Crippen LogP contribution in [-0.4, -0.2) is 45.1 Å². The van der Waals surface area contributed by atoms with Crippen LogP contribution in [-0.2, 0) is 6.54 Å². The Labute approximate surface area is 163 Å². The summed E-state index contributed by atoms with van der Waals surface area (Å²) in [6.45, 7) is 6.43. The second-order valence-electron chi connectivity index (χ2n) is 6.84. The molecular weight excluding hydrogens is 358 g/mol. The molecule has 1 fully saturated rings. The molecule has 0 spiro atoms.